The van der Waals surface area contributed by atoms with Gasteiger partial charge in [0.2, 0.25) is 17.6 Å². The predicted octanol–water partition coefficient (Wildman–Crippen LogP) is 3.76. The summed E-state index contributed by atoms with van der Waals surface area (Å²) >= 11 is 6.06. The number of amides is 1. The minimum atomic E-state index is 0.0311. The number of anilines is 1. The van der Waals surface area contributed by atoms with Gasteiger partial charge in [0, 0.05) is 41.8 Å². The van der Waals surface area contributed by atoms with Crippen molar-refractivity contribution < 1.29 is 14.1 Å². The number of carbonyl (C=O) groups is 1. The minimum absolute atomic E-state index is 0.0311. The molecule has 3 aromatic rings. The molecule has 0 radical (unpaired) electrons. The van der Waals surface area contributed by atoms with Gasteiger partial charge in [0.05, 0.1) is 19.8 Å². The van der Waals surface area contributed by atoms with Gasteiger partial charge >= 0.3 is 0 Å². The fourth-order valence-corrected chi connectivity index (χ4v) is 4.78. The van der Waals surface area contributed by atoms with Crippen molar-refractivity contribution in [1.29, 1.82) is 0 Å². The number of rotatable bonds is 7. The second-order valence-corrected chi connectivity index (χ2v) is 9.49. The number of ether oxygens (including phenoxy) is 1. The van der Waals surface area contributed by atoms with Crippen LogP contribution in [-0.4, -0.2) is 60.3 Å². The van der Waals surface area contributed by atoms with Crippen molar-refractivity contribution >= 4 is 23.2 Å². The van der Waals surface area contributed by atoms with Crippen molar-refractivity contribution in [2.75, 3.05) is 44.3 Å². The molecule has 9 heteroatoms. The maximum absolute atomic E-state index is 12.7. The first-order chi connectivity index (χ1) is 17.1. The quantitative estimate of drug-likeness (QED) is 0.534. The molecule has 5 rings (SSSR count). The molecule has 0 unspecified atom stereocenters. The molecule has 0 bridgehead atoms. The first kappa shape index (κ1) is 23.8. The van der Waals surface area contributed by atoms with E-state index in [2.05, 4.69) is 49.5 Å². The van der Waals surface area contributed by atoms with Crippen LogP contribution in [0.3, 0.4) is 0 Å². The van der Waals surface area contributed by atoms with Crippen LogP contribution < -0.4 is 10.2 Å². The Balaban J connectivity index is 1.06. The fourth-order valence-electron chi connectivity index (χ4n) is 4.59. The number of benzene rings is 2. The number of nitrogens with zero attached hydrogens (tertiary/aromatic N) is 4. The van der Waals surface area contributed by atoms with E-state index in [1.165, 1.54) is 5.69 Å². The number of aromatic nitrogens is 2. The highest BCUT2D eigenvalue weighted by Crippen LogP contribution is 2.23. The SMILES string of the molecule is O=C(NCc1ccc(N2CCOCC2)cc1)C1CCN(Cc2nc(-c3cccc(Cl)c3)no2)CC1. The van der Waals surface area contributed by atoms with Crippen LogP contribution in [-0.2, 0) is 22.6 Å². The Kier molecular flexibility index (Phi) is 7.61. The van der Waals surface area contributed by atoms with Gasteiger partial charge in [0.25, 0.3) is 0 Å². The molecule has 2 aromatic carbocycles. The van der Waals surface area contributed by atoms with Crippen LogP contribution in [0.15, 0.2) is 53.1 Å². The van der Waals surface area contributed by atoms with Gasteiger partial charge in [-0.3, -0.25) is 9.69 Å². The lowest BCUT2D eigenvalue weighted by atomic mass is 9.96. The van der Waals surface area contributed by atoms with E-state index in [-0.39, 0.29) is 11.8 Å². The number of hydrogen-bond acceptors (Lipinski definition) is 7. The number of morpholine rings is 1. The van der Waals surface area contributed by atoms with Crippen LogP contribution in [0.2, 0.25) is 5.02 Å². The zero-order valence-corrected chi connectivity index (χ0v) is 20.4. The molecule has 0 atom stereocenters. The van der Waals surface area contributed by atoms with Crippen LogP contribution in [0.25, 0.3) is 11.4 Å². The smallest absolute Gasteiger partial charge is 0.241 e. The Morgan fingerprint density at radius 3 is 2.57 bits per heavy atom. The fraction of sp³-hybridized carbons (Fsp3) is 0.423. The topological polar surface area (TPSA) is 83.7 Å². The van der Waals surface area contributed by atoms with Gasteiger partial charge < -0.3 is 19.5 Å². The van der Waals surface area contributed by atoms with E-state index in [4.69, 9.17) is 20.9 Å². The number of likely N-dealkylation sites (tertiary alicyclic amines) is 1. The van der Waals surface area contributed by atoms with E-state index in [9.17, 15) is 4.79 Å². The molecular formula is C26H30ClN5O3. The molecule has 2 saturated heterocycles. The lowest BCUT2D eigenvalue weighted by molar-refractivity contribution is -0.126. The molecule has 0 aliphatic carbocycles. The summed E-state index contributed by atoms with van der Waals surface area (Å²) in [5.74, 6) is 1.27. The summed E-state index contributed by atoms with van der Waals surface area (Å²) in [5, 5.41) is 7.83. The molecule has 3 heterocycles. The largest absolute Gasteiger partial charge is 0.378 e. The summed E-state index contributed by atoms with van der Waals surface area (Å²) in [5.41, 5.74) is 3.15. The van der Waals surface area contributed by atoms with Crippen molar-refractivity contribution in [3.8, 4) is 11.4 Å². The second-order valence-electron chi connectivity index (χ2n) is 9.06. The lowest BCUT2D eigenvalue weighted by Gasteiger charge is -2.30. The second kappa shape index (κ2) is 11.2. The highest BCUT2D eigenvalue weighted by molar-refractivity contribution is 6.30. The normalized spacial score (nSPS) is 17.5. The van der Waals surface area contributed by atoms with Crippen LogP contribution in [0, 0.1) is 5.92 Å². The zero-order chi connectivity index (χ0) is 24.0. The van der Waals surface area contributed by atoms with E-state index in [1.54, 1.807) is 0 Å². The van der Waals surface area contributed by atoms with Gasteiger partial charge in [0.1, 0.15) is 0 Å². The Bertz CT molecular complexity index is 1120. The first-order valence-corrected chi connectivity index (χ1v) is 12.5. The highest BCUT2D eigenvalue weighted by atomic mass is 35.5. The number of hydrogen-bond donors (Lipinski definition) is 1. The number of halogens is 1. The van der Waals surface area contributed by atoms with E-state index in [1.807, 2.05) is 24.3 Å². The van der Waals surface area contributed by atoms with E-state index < -0.39 is 0 Å². The molecule has 8 nitrogen and oxygen atoms in total. The summed E-state index contributed by atoms with van der Waals surface area (Å²) in [6, 6.07) is 15.8. The van der Waals surface area contributed by atoms with Gasteiger partial charge in [-0.2, -0.15) is 4.98 Å². The molecule has 184 valence electrons. The van der Waals surface area contributed by atoms with Crippen molar-refractivity contribution in [3.05, 3.63) is 65.0 Å². The summed E-state index contributed by atoms with van der Waals surface area (Å²) in [6.07, 6.45) is 1.63. The van der Waals surface area contributed by atoms with Crippen LogP contribution in [0.1, 0.15) is 24.3 Å². The van der Waals surface area contributed by atoms with Crippen molar-refractivity contribution in [2.24, 2.45) is 5.92 Å². The Morgan fingerprint density at radius 1 is 1.06 bits per heavy atom. The molecule has 0 saturated carbocycles. The Morgan fingerprint density at radius 2 is 1.83 bits per heavy atom. The summed E-state index contributed by atoms with van der Waals surface area (Å²) in [4.78, 5) is 21.8. The standard InChI is InChI=1S/C26H30ClN5O3/c27-22-3-1-2-21(16-22)25-29-24(35-30-25)18-31-10-8-20(9-11-31)26(33)28-17-19-4-6-23(7-5-19)32-12-14-34-15-13-32/h1-7,16,20H,8-15,17-18H2,(H,28,33). The minimum Gasteiger partial charge on any atom is -0.378 e. The molecular weight excluding hydrogens is 466 g/mol. The number of nitrogens with one attached hydrogen (secondary N) is 1. The monoisotopic (exact) mass is 495 g/mol. The van der Waals surface area contributed by atoms with Crippen LogP contribution in [0.5, 0.6) is 0 Å². The van der Waals surface area contributed by atoms with Crippen molar-refractivity contribution in [2.45, 2.75) is 25.9 Å². The molecule has 1 aromatic heterocycles. The van der Waals surface area contributed by atoms with Gasteiger partial charge in [-0.05, 0) is 55.8 Å². The van der Waals surface area contributed by atoms with Crippen molar-refractivity contribution in [1.82, 2.24) is 20.4 Å². The van der Waals surface area contributed by atoms with E-state index in [0.29, 0.717) is 29.8 Å². The van der Waals surface area contributed by atoms with Crippen molar-refractivity contribution in [3.63, 3.8) is 0 Å². The maximum Gasteiger partial charge on any atom is 0.241 e. The molecule has 2 aliphatic heterocycles. The maximum atomic E-state index is 12.7. The summed E-state index contributed by atoms with van der Waals surface area (Å²) in [6.45, 7) is 6.16. The Labute approximate surface area is 210 Å². The zero-order valence-electron chi connectivity index (χ0n) is 19.7. The van der Waals surface area contributed by atoms with E-state index in [0.717, 1.165) is 63.4 Å². The number of carbonyl (C=O) groups excluding carboxylic acids is 1. The first-order valence-electron chi connectivity index (χ1n) is 12.1. The third-order valence-corrected chi connectivity index (χ3v) is 6.88. The molecule has 35 heavy (non-hydrogen) atoms. The van der Waals surface area contributed by atoms with Gasteiger partial charge in [-0.15, -0.1) is 0 Å². The van der Waals surface area contributed by atoms with E-state index >= 15 is 0 Å². The molecule has 1 N–H and O–H groups in total. The number of piperidine rings is 1. The third-order valence-electron chi connectivity index (χ3n) is 6.65. The van der Waals surface area contributed by atoms with Gasteiger partial charge in [0.15, 0.2) is 0 Å². The van der Waals surface area contributed by atoms with Gasteiger partial charge in [-0.1, -0.05) is 41.0 Å². The third kappa shape index (κ3) is 6.20. The molecule has 2 fully saturated rings. The molecule has 2 aliphatic rings. The Hall–Kier alpha value is -2.94. The highest BCUT2D eigenvalue weighted by Gasteiger charge is 2.26. The lowest BCUT2D eigenvalue weighted by Crippen LogP contribution is -2.40. The average Bonchev–Trinajstić information content (AvgIpc) is 3.37. The van der Waals surface area contributed by atoms with Crippen LogP contribution in [0.4, 0.5) is 5.69 Å². The average molecular weight is 496 g/mol. The van der Waals surface area contributed by atoms with Gasteiger partial charge in [-0.25, -0.2) is 0 Å². The summed E-state index contributed by atoms with van der Waals surface area (Å²) < 4.78 is 10.9. The molecule has 1 amide bonds. The van der Waals surface area contributed by atoms with Crippen LogP contribution >= 0.6 is 11.6 Å². The summed E-state index contributed by atoms with van der Waals surface area (Å²) in [7, 11) is 0. The molecule has 0 spiro atoms. The predicted molar refractivity (Wildman–Crippen MR) is 134 cm³/mol.